The van der Waals surface area contributed by atoms with E-state index in [0.29, 0.717) is 0 Å². The maximum absolute atomic E-state index is 8.99. The van der Waals surface area contributed by atoms with Crippen molar-refractivity contribution in [2.24, 2.45) is 0 Å². The molecule has 1 aromatic carbocycles. The molecule has 1 aromatic rings. The topological polar surface area (TPSA) is 20.2 Å². The molecular formula is C8H10O. The zero-order chi connectivity index (χ0) is 13.5. The van der Waals surface area contributed by atoms with Gasteiger partial charge in [-0.25, -0.2) is 0 Å². The molecule has 0 aliphatic carbocycles. The third kappa shape index (κ3) is 1.86. The monoisotopic (exact) mass is 130 g/mol. The quantitative estimate of drug-likeness (QED) is 0.638. The fourth-order valence-corrected chi connectivity index (χ4v) is 0.387. The van der Waals surface area contributed by atoms with Crippen molar-refractivity contribution in [3.63, 3.8) is 0 Å². The first kappa shape index (κ1) is 1.61. The van der Waals surface area contributed by atoms with Crippen LogP contribution in [0.25, 0.3) is 0 Å². The summed E-state index contributed by atoms with van der Waals surface area (Å²) in [4.78, 5) is 0. The largest absolute Gasteiger partial charge is 0.396 e. The van der Waals surface area contributed by atoms with Crippen LogP contribution in [0.1, 0.15) is 16.5 Å². The highest BCUT2D eigenvalue weighted by Crippen LogP contribution is 1.97. The normalized spacial score (nSPS) is 27.2. The van der Waals surface area contributed by atoms with Gasteiger partial charge in [-0.05, 0) is 11.9 Å². The summed E-state index contributed by atoms with van der Waals surface area (Å²) < 4.78 is 58.8. The second-order valence-electron chi connectivity index (χ2n) is 1.27. The predicted octanol–water partition coefficient (Wildman–Crippen LogP) is 1.22. The molecule has 0 radical (unpaired) electrons. The Hall–Kier alpha value is -0.820. The van der Waals surface area contributed by atoms with Crippen molar-refractivity contribution in [1.29, 1.82) is 0 Å². The summed E-state index contributed by atoms with van der Waals surface area (Å²) in [5.74, 6) is 0. The van der Waals surface area contributed by atoms with Gasteiger partial charge in [0.25, 0.3) is 0 Å². The van der Waals surface area contributed by atoms with Gasteiger partial charge < -0.3 is 5.11 Å². The van der Waals surface area contributed by atoms with Crippen LogP contribution >= 0.6 is 0 Å². The SMILES string of the molecule is [2H]c1c([2H])c([2H])c(C([2H])([2H])C([2H])O)c([2H])c1[2H]. The summed E-state index contributed by atoms with van der Waals surface area (Å²) >= 11 is 0. The lowest BCUT2D eigenvalue weighted by Gasteiger charge is -1.93. The Labute approximate surface area is 66.2 Å². The van der Waals surface area contributed by atoms with Gasteiger partial charge in [-0.3, -0.25) is 0 Å². The minimum Gasteiger partial charge on any atom is -0.396 e. The summed E-state index contributed by atoms with van der Waals surface area (Å²) in [6, 6.07) is -3.50. The summed E-state index contributed by atoms with van der Waals surface area (Å²) in [6.07, 6.45) is -2.73. The predicted molar refractivity (Wildman–Crippen MR) is 37.2 cm³/mol. The molecule has 0 aromatic heterocycles. The second kappa shape index (κ2) is 3.25. The highest BCUT2D eigenvalue weighted by atomic mass is 16.2. The van der Waals surface area contributed by atoms with E-state index in [0.717, 1.165) is 0 Å². The average Bonchev–Trinajstić information content (AvgIpc) is 2.23. The number of aliphatic hydroxyl groups is 1. The minimum absolute atomic E-state index is 0.640. The Balaban J connectivity index is 3.66. The van der Waals surface area contributed by atoms with Crippen LogP contribution in [0.4, 0.5) is 0 Å². The molecule has 0 saturated carbocycles. The van der Waals surface area contributed by atoms with E-state index in [9.17, 15) is 0 Å². The molecule has 1 atom stereocenters. The van der Waals surface area contributed by atoms with Gasteiger partial charge in [-0.15, -0.1) is 0 Å². The standard InChI is InChI=1S/C8H10O/c9-7-6-8-4-2-1-3-5-8/h1-5,9H,6-7H2/i1D,2D,3D,4D,5D,6D2,7D. The maximum atomic E-state index is 8.99. The zero-order valence-corrected chi connectivity index (χ0v) is 4.52. The fraction of sp³-hybridized carbons (Fsp3) is 0.250. The molecule has 0 aliphatic rings. The Kier molecular flexibility index (Phi) is 0.582. The van der Waals surface area contributed by atoms with Crippen molar-refractivity contribution < 1.29 is 16.1 Å². The zero-order valence-electron chi connectivity index (χ0n) is 12.5. The molecule has 0 bridgehead atoms. The van der Waals surface area contributed by atoms with Gasteiger partial charge in [0, 0.05) is 9.32 Å². The van der Waals surface area contributed by atoms with Crippen LogP contribution in [-0.4, -0.2) is 11.7 Å². The average molecular weight is 130 g/mol. The third-order valence-corrected chi connectivity index (χ3v) is 0.709. The summed E-state index contributed by atoms with van der Waals surface area (Å²) in [6.45, 7) is -2.23. The van der Waals surface area contributed by atoms with Crippen LogP contribution in [0.5, 0.6) is 0 Å². The van der Waals surface area contributed by atoms with Crippen molar-refractivity contribution in [1.82, 2.24) is 0 Å². The number of aliphatic hydroxyl groups excluding tert-OH is 1. The number of hydrogen-bond donors (Lipinski definition) is 1. The summed E-state index contributed by atoms with van der Waals surface area (Å²) in [5.41, 5.74) is -0.703. The molecule has 1 nitrogen and oxygen atoms in total. The van der Waals surface area contributed by atoms with Crippen molar-refractivity contribution >= 4 is 0 Å². The lowest BCUT2D eigenvalue weighted by atomic mass is 10.2. The van der Waals surface area contributed by atoms with Crippen LogP contribution in [0, 0.1) is 0 Å². The molecule has 1 rings (SSSR count). The van der Waals surface area contributed by atoms with Gasteiger partial charge in [0.05, 0.1) is 8.22 Å². The first-order valence-electron chi connectivity index (χ1n) is 6.37. The lowest BCUT2D eigenvalue weighted by molar-refractivity contribution is 0.299. The third-order valence-electron chi connectivity index (χ3n) is 0.709. The molecule has 0 heterocycles. The molecule has 0 spiro atoms. The van der Waals surface area contributed by atoms with Gasteiger partial charge >= 0.3 is 0 Å². The Morgan fingerprint density at radius 1 is 1.44 bits per heavy atom. The smallest absolute Gasteiger partial charge is 0.0626 e. The van der Waals surface area contributed by atoms with E-state index in [2.05, 4.69) is 0 Å². The van der Waals surface area contributed by atoms with E-state index in [-0.39, 0.29) is 0 Å². The molecule has 1 N–H and O–H groups in total. The van der Waals surface area contributed by atoms with Crippen LogP contribution in [0.2, 0.25) is 0 Å². The second-order valence-corrected chi connectivity index (χ2v) is 1.27. The van der Waals surface area contributed by atoms with E-state index in [1.807, 2.05) is 0 Å². The number of hydrogen-bond acceptors (Lipinski definition) is 1. The number of benzene rings is 1. The molecule has 0 aliphatic heterocycles. The minimum atomic E-state index is -2.73. The van der Waals surface area contributed by atoms with Gasteiger partial charge in [0.2, 0.25) is 0 Å². The molecule has 1 unspecified atom stereocenters. The molecule has 9 heavy (non-hydrogen) atoms. The lowest BCUT2D eigenvalue weighted by Crippen LogP contribution is -1.88. The van der Waals surface area contributed by atoms with E-state index >= 15 is 0 Å². The summed E-state index contributed by atoms with van der Waals surface area (Å²) in [7, 11) is 0. The molecule has 0 fully saturated rings. The van der Waals surface area contributed by atoms with Crippen molar-refractivity contribution in [2.45, 2.75) is 6.37 Å². The van der Waals surface area contributed by atoms with E-state index < -0.39 is 48.7 Å². The fourth-order valence-electron chi connectivity index (χ4n) is 0.387. The summed E-state index contributed by atoms with van der Waals surface area (Å²) in [5, 5.41) is 8.99. The van der Waals surface area contributed by atoms with Crippen molar-refractivity contribution in [3.8, 4) is 0 Å². The van der Waals surface area contributed by atoms with Crippen molar-refractivity contribution in [3.05, 3.63) is 35.8 Å². The van der Waals surface area contributed by atoms with E-state index in [1.54, 1.807) is 0 Å². The van der Waals surface area contributed by atoms with Gasteiger partial charge in [-0.1, -0.05) is 30.2 Å². The highest BCUT2D eigenvalue weighted by Gasteiger charge is 1.85. The van der Waals surface area contributed by atoms with Crippen LogP contribution in [0.15, 0.2) is 30.2 Å². The van der Waals surface area contributed by atoms with E-state index in [1.165, 1.54) is 0 Å². The van der Waals surface area contributed by atoms with Crippen LogP contribution in [0.3, 0.4) is 0 Å². The first-order chi connectivity index (χ1) is 7.62. The van der Waals surface area contributed by atoms with Crippen molar-refractivity contribution in [2.75, 3.05) is 6.58 Å². The molecule has 1 heteroatoms. The Morgan fingerprint density at radius 2 is 2.11 bits per heavy atom. The first-order valence-corrected chi connectivity index (χ1v) is 2.30. The Morgan fingerprint density at radius 3 is 2.67 bits per heavy atom. The Bertz CT molecular complexity index is 426. The maximum Gasteiger partial charge on any atom is 0.0626 e. The molecule has 48 valence electrons. The van der Waals surface area contributed by atoms with Gasteiger partial charge in [0.1, 0.15) is 0 Å². The van der Waals surface area contributed by atoms with Crippen LogP contribution in [-0.2, 0) is 6.37 Å². The molecule has 0 saturated heterocycles. The molecular weight excluding hydrogens is 112 g/mol. The van der Waals surface area contributed by atoms with Gasteiger partial charge in [0.15, 0.2) is 0 Å². The number of rotatable bonds is 2. The highest BCUT2D eigenvalue weighted by molar-refractivity contribution is 5.14. The van der Waals surface area contributed by atoms with E-state index in [4.69, 9.17) is 16.1 Å². The van der Waals surface area contributed by atoms with Crippen LogP contribution < -0.4 is 0 Å². The molecule has 0 amide bonds. The van der Waals surface area contributed by atoms with Gasteiger partial charge in [-0.2, -0.15) is 0 Å².